The number of benzene rings is 1. The number of Topliss-reactive ketones (excluding diaryl/α,β-unsaturated/α-hetero) is 1. The lowest BCUT2D eigenvalue weighted by molar-refractivity contribution is -0.138. The van der Waals surface area contributed by atoms with Crippen LogP contribution in [0.3, 0.4) is 0 Å². The second kappa shape index (κ2) is 7.31. The highest BCUT2D eigenvalue weighted by molar-refractivity contribution is 6.42. The van der Waals surface area contributed by atoms with E-state index < -0.39 is 11.8 Å². The molecule has 0 aliphatic heterocycles. The number of rotatable bonds is 5. The molecule has 1 rings (SSSR count). The van der Waals surface area contributed by atoms with E-state index >= 15 is 0 Å². The first-order chi connectivity index (χ1) is 9.38. The molecule has 0 spiro atoms. The molecule has 6 heteroatoms. The number of carbonyl (C=O) groups is 2. The minimum Gasteiger partial charge on any atom is -0.462 e. The van der Waals surface area contributed by atoms with E-state index in [9.17, 15) is 9.59 Å². The molecule has 0 aliphatic rings. The van der Waals surface area contributed by atoms with Gasteiger partial charge in [0.1, 0.15) is 5.57 Å². The number of nitrogens with zero attached hydrogens (tertiary/aromatic N) is 1. The molecular formula is C14H15Cl2NO3. The number of carbonyl (C=O) groups excluding carboxylic acids is 2. The predicted octanol–water partition coefficient (Wildman–Crippen LogP) is 3.18. The van der Waals surface area contributed by atoms with Crippen LogP contribution in [0.15, 0.2) is 30.0 Å². The maximum Gasteiger partial charge on any atom is 0.343 e. The zero-order chi connectivity index (χ0) is 15.3. The molecule has 20 heavy (non-hydrogen) atoms. The Balaban J connectivity index is 3.28. The van der Waals surface area contributed by atoms with Crippen LogP contribution < -0.4 is 0 Å². The molecule has 1 aromatic rings. The molecule has 0 saturated heterocycles. The lowest BCUT2D eigenvalue weighted by atomic mass is 10.0. The molecule has 0 aliphatic carbocycles. The van der Waals surface area contributed by atoms with Crippen LogP contribution in [0, 0.1) is 0 Å². The van der Waals surface area contributed by atoms with Crippen LogP contribution in [0.1, 0.15) is 17.3 Å². The molecule has 0 atom stereocenters. The van der Waals surface area contributed by atoms with Gasteiger partial charge in [0.25, 0.3) is 0 Å². The summed E-state index contributed by atoms with van der Waals surface area (Å²) in [5.41, 5.74) is -0.0242. The van der Waals surface area contributed by atoms with E-state index in [2.05, 4.69) is 0 Å². The molecule has 0 unspecified atom stereocenters. The summed E-state index contributed by atoms with van der Waals surface area (Å²) in [5.74, 6) is -1.27. The summed E-state index contributed by atoms with van der Waals surface area (Å²) >= 11 is 12.0. The van der Waals surface area contributed by atoms with Crippen molar-refractivity contribution in [2.45, 2.75) is 6.92 Å². The topological polar surface area (TPSA) is 46.6 Å². The molecule has 4 nitrogen and oxygen atoms in total. The Hall–Kier alpha value is -1.52. The number of ketones is 1. The third-order valence-electron chi connectivity index (χ3n) is 2.32. The fourth-order valence-corrected chi connectivity index (χ4v) is 2.09. The van der Waals surface area contributed by atoms with E-state index in [1.165, 1.54) is 6.20 Å². The molecular weight excluding hydrogens is 301 g/mol. The van der Waals surface area contributed by atoms with E-state index in [4.69, 9.17) is 27.9 Å². The zero-order valence-electron chi connectivity index (χ0n) is 11.4. The van der Waals surface area contributed by atoms with Gasteiger partial charge in [-0.3, -0.25) is 4.79 Å². The lowest BCUT2D eigenvalue weighted by Crippen LogP contribution is -2.20. The maximum absolute atomic E-state index is 12.5. The fourth-order valence-electron chi connectivity index (χ4n) is 1.52. The highest BCUT2D eigenvalue weighted by Crippen LogP contribution is 2.27. The van der Waals surface area contributed by atoms with Crippen LogP contribution in [0.4, 0.5) is 0 Å². The number of halogens is 2. The number of esters is 1. The first kappa shape index (κ1) is 16.5. The Kier molecular flexibility index (Phi) is 6.05. The van der Waals surface area contributed by atoms with Crippen LogP contribution >= 0.6 is 23.2 Å². The molecule has 108 valence electrons. The van der Waals surface area contributed by atoms with Gasteiger partial charge in [0.05, 0.1) is 22.2 Å². The summed E-state index contributed by atoms with van der Waals surface area (Å²) in [6, 6.07) is 4.71. The standard InChI is InChI=1S/C14H15Cl2NO3/c1-4-20-14(19)9(8-17(2)3)13(18)12-10(15)6-5-7-11(12)16/h5-8H,4H2,1-3H3/b9-8-. The van der Waals surface area contributed by atoms with Crippen molar-refractivity contribution in [1.29, 1.82) is 0 Å². The first-order valence-corrected chi connectivity index (χ1v) is 6.68. The van der Waals surface area contributed by atoms with Gasteiger partial charge in [-0.05, 0) is 19.1 Å². The summed E-state index contributed by atoms with van der Waals surface area (Å²) in [5, 5.41) is 0.382. The van der Waals surface area contributed by atoms with Crippen molar-refractivity contribution in [2.75, 3.05) is 20.7 Å². The summed E-state index contributed by atoms with van der Waals surface area (Å²) < 4.78 is 4.89. The van der Waals surface area contributed by atoms with E-state index in [1.54, 1.807) is 44.1 Å². The number of hydrogen-bond acceptors (Lipinski definition) is 4. The van der Waals surface area contributed by atoms with Crippen molar-refractivity contribution in [2.24, 2.45) is 0 Å². The van der Waals surface area contributed by atoms with E-state index in [0.29, 0.717) is 0 Å². The Morgan fingerprint density at radius 1 is 1.25 bits per heavy atom. The monoisotopic (exact) mass is 315 g/mol. The summed E-state index contributed by atoms with van der Waals surface area (Å²) in [4.78, 5) is 25.9. The average molecular weight is 316 g/mol. The van der Waals surface area contributed by atoms with Crippen molar-refractivity contribution < 1.29 is 14.3 Å². The smallest absolute Gasteiger partial charge is 0.343 e. The molecule has 0 saturated carbocycles. The van der Waals surface area contributed by atoms with Crippen LogP contribution in [0.2, 0.25) is 10.0 Å². The quantitative estimate of drug-likeness (QED) is 0.275. The normalized spacial score (nSPS) is 11.2. The van der Waals surface area contributed by atoms with Crippen molar-refractivity contribution in [1.82, 2.24) is 4.90 Å². The number of ether oxygens (including phenoxy) is 1. The van der Waals surface area contributed by atoms with Gasteiger partial charge in [0.15, 0.2) is 0 Å². The van der Waals surface area contributed by atoms with Gasteiger partial charge in [-0.15, -0.1) is 0 Å². The Morgan fingerprint density at radius 3 is 2.25 bits per heavy atom. The maximum atomic E-state index is 12.5. The molecule has 0 amide bonds. The van der Waals surface area contributed by atoms with Crippen LogP contribution in [0.5, 0.6) is 0 Å². The van der Waals surface area contributed by atoms with Crippen LogP contribution in [-0.4, -0.2) is 37.4 Å². The largest absolute Gasteiger partial charge is 0.462 e. The zero-order valence-corrected chi connectivity index (χ0v) is 13.0. The van der Waals surface area contributed by atoms with E-state index in [-0.39, 0.29) is 27.8 Å². The van der Waals surface area contributed by atoms with Crippen molar-refractivity contribution in [3.63, 3.8) is 0 Å². The second-order valence-electron chi connectivity index (χ2n) is 4.15. The van der Waals surface area contributed by atoms with E-state index in [1.807, 2.05) is 0 Å². The van der Waals surface area contributed by atoms with Gasteiger partial charge >= 0.3 is 5.97 Å². The van der Waals surface area contributed by atoms with E-state index in [0.717, 1.165) is 0 Å². The van der Waals surface area contributed by atoms with Crippen LogP contribution in [-0.2, 0) is 9.53 Å². The van der Waals surface area contributed by atoms with Crippen molar-refractivity contribution >= 4 is 35.0 Å². The first-order valence-electron chi connectivity index (χ1n) is 5.92. The van der Waals surface area contributed by atoms with Crippen LogP contribution in [0.25, 0.3) is 0 Å². The molecule has 1 aromatic carbocycles. The molecule has 0 aromatic heterocycles. The molecule has 0 heterocycles. The molecule has 0 fully saturated rings. The third-order valence-corrected chi connectivity index (χ3v) is 2.95. The van der Waals surface area contributed by atoms with Gasteiger partial charge < -0.3 is 9.64 Å². The Morgan fingerprint density at radius 2 is 1.80 bits per heavy atom. The molecule has 0 N–H and O–H groups in total. The second-order valence-corrected chi connectivity index (χ2v) is 4.97. The predicted molar refractivity (Wildman–Crippen MR) is 79.2 cm³/mol. The fraction of sp³-hybridized carbons (Fsp3) is 0.286. The van der Waals surface area contributed by atoms with Crippen molar-refractivity contribution in [3.8, 4) is 0 Å². The highest BCUT2D eigenvalue weighted by atomic mass is 35.5. The van der Waals surface area contributed by atoms with Crippen molar-refractivity contribution in [3.05, 3.63) is 45.6 Å². The van der Waals surface area contributed by atoms with Gasteiger partial charge in [-0.1, -0.05) is 29.3 Å². The minimum atomic E-state index is -0.706. The van der Waals surface area contributed by atoms with Gasteiger partial charge in [0.2, 0.25) is 5.78 Å². The van der Waals surface area contributed by atoms with Gasteiger partial charge in [-0.2, -0.15) is 0 Å². The molecule has 0 bridgehead atoms. The van der Waals surface area contributed by atoms with Gasteiger partial charge in [-0.25, -0.2) is 4.79 Å². The Bertz CT molecular complexity index is 533. The number of hydrogen-bond donors (Lipinski definition) is 0. The highest BCUT2D eigenvalue weighted by Gasteiger charge is 2.25. The summed E-state index contributed by atoms with van der Waals surface area (Å²) in [6.07, 6.45) is 1.39. The SMILES string of the molecule is CCOC(=O)/C(=C\N(C)C)C(=O)c1c(Cl)cccc1Cl. The minimum absolute atomic E-state index is 0.0944. The summed E-state index contributed by atoms with van der Waals surface area (Å²) in [7, 11) is 3.39. The lowest BCUT2D eigenvalue weighted by Gasteiger charge is -2.12. The van der Waals surface area contributed by atoms with Gasteiger partial charge in [0, 0.05) is 20.3 Å². The molecule has 0 radical (unpaired) electrons. The Labute approximate surface area is 127 Å². The third kappa shape index (κ3) is 3.99. The summed E-state index contributed by atoms with van der Waals surface area (Å²) in [6.45, 7) is 1.84. The average Bonchev–Trinajstić information content (AvgIpc) is 2.35.